The number of hydrogen-bond donors (Lipinski definition) is 0. The number of nitrogens with zero attached hydrogens (tertiary/aromatic N) is 5. The van der Waals surface area contributed by atoms with E-state index in [0.29, 0.717) is 28.9 Å². The third-order valence-electron chi connectivity index (χ3n) is 13.6. The highest BCUT2D eigenvalue weighted by Crippen LogP contribution is 2.63. The molecule has 12 aromatic rings. The van der Waals surface area contributed by atoms with E-state index in [0.717, 1.165) is 100 Å². The molecule has 7 nitrogen and oxygen atoms in total. The monoisotopic (exact) mass is 883 g/mol. The van der Waals surface area contributed by atoms with Crippen molar-refractivity contribution in [1.29, 1.82) is 0 Å². The highest BCUT2D eigenvalue weighted by atomic mass is 16.5. The lowest BCUT2D eigenvalue weighted by molar-refractivity contribution is 0.436. The van der Waals surface area contributed by atoms with Gasteiger partial charge in [-0.3, -0.25) is 0 Å². The van der Waals surface area contributed by atoms with Gasteiger partial charge in [-0.05, 0) is 69.8 Å². The van der Waals surface area contributed by atoms with E-state index < -0.39 is 5.41 Å². The van der Waals surface area contributed by atoms with Crippen LogP contribution < -0.4 is 4.74 Å². The minimum absolute atomic E-state index is 0.603. The van der Waals surface area contributed by atoms with E-state index in [4.69, 9.17) is 34.1 Å². The van der Waals surface area contributed by atoms with E-state index >= 15 is 0 Å². The molecule has 7 heteroatoms. The van der Waals surface area contributed by atoms with Crippen LogP contribution in [0.25, 0.3) is 101 Å². The predicted octanol–water partition coefficient (Wildman–Crippen LogP) is 15.0. The van der Waals surface area contributed by atoms with Gasteiger partial charge in [0.05, 0.1) is 5.41 Å². The van der Waals surface area contributed by atoms with E-state index in [-0.39, 0.29) is 0 Å². The van der Waals surface area contributed by atoms with E-state index in [1.807, 2.05) is 109 Å². The molecule has 2 aliphatic rings. The van der Waals surface area contributed by atoms with E-state index in [9.17, 15) is 0 Å². The topological polar surface area (TPSA) is 86.8 Å². The number of benzene rings is 9. The molecule has 9 aromatic carbocycles. The maximum atomic E-state index is 6.74. The van der Waals surface area contributed by atoms with Gasteiger partial charge in [-0.2, -0.15) is 0 Å². The van der Waals surface area contributed by atoms with Gasteiger partial charge in [0, 0.05) is 44.3 Å². The van der Waals surface area contributed by atoms with Gasteiger partial charge in [-0.25, -0.2) is 24.9 Å². The number of aromatic nitrogens is 5. The Balaban J connectivity index is 0.932. The minimum Gasteiger partial charge on any atom is -0.457 e. The molecule has 0 amide bonds. The molecule has 1 aliphatic carbocycles. The molecule has 4 heterocycles. The van der Waals surface area contributed by atoms with Gasteiger partial charge < -0.3 is 9.15 Å². The maximum Gasteiger partial charge on any atom is 0.180 e. The van der Waals surface area contributed by atoms with Crippen molar-refractivity contribution in [2.24, 2.45) is 0 Å². The fourth-order valence-electron chi connectivity index (χ4n) is 10.5. The zero-order chi connectivity index (χ0) is 45.5. The lowest BCUT2D eigenvalue weighted by Crippen LogP contribution is -2.32. The Labute approximate surface area is 397 Å². The molecule has 3 aromatic heterocycles. The van der Waals surface area contributed by atoms with Crippen LogP contribution in [0.5, 0.6) is 11.5 Å². The van der Waals surface area contributed by atoms with Crippen molar-refractivity contribution < 1.29 is 9.15 Å². The molecule has 0 saturated carbocycles. The van der Waals surface area contributed by atoms with Crippen LogP contribution >= 0.6 is 0 Å². The summed E-state index contributed by atoms with van der Waals surface area (Å²) in [6, 6.07) is 77.5. The molecule has 0 saturated heterocycles. The van der Waals surface area contributed by atoms with Gasteiger partial charge in [0.15, 0.2) is 28.9 Å². The van der Waals surface area contributed by atoms with Crippen LogP contribution in [0.3, 0.4) is 0 Å². The average molecular weight is 884 g/mol. The normalized spacial score (nSPS) is 12.9. The smallest absolute Gasteiger partial charge is 0.180 e. The van der Waals surface area contributed by atoms with Crippen LogP contribution in [0, 0.1) is 0 Å². The van der Waals surface area contributed by atoms with Crippen molar-refractivity contribution >= 4 is 22.1 Å². The van der Waals surface area contributed by atoms with Crippen molar-refractivity contribution in [2.75, 3.05) is 0 Å². The Morgan fingerprint density at radius 1 is 0.319 bits per heavy atom. The third-order valence-corrected chi connectivity index (χ3v) is 13.6. The molecule has 0 bridgehead atoms. The van der Waals surface area contributed by atoms with Gasteiger partial charge in [-0.1, -0.05) is 188 Å². The summed E-state index contributed by atoms with van der Waals surface area (Å²) in [7, 11) is 0. The second-order valence-corrected chi connectivity index (χ2v) is 17.5. The molecule has 0 fully saturated rings. The summed E-state index contributed by atoms with van der Waals surface area (Å²) in [6.45, 7) is 0. The first kappa shape index (κ1) is 38.9. The van der Waals surface area contributed by atoms with Crippen molar-refractivity contribution in [3.8, 4) is 90.6 Å². The van der Waals surface area contributed by atoms with E-state index in [2.05, 4.69) is 115 Å². The molecular formula is C62H37N5O2. The molecule has 0 N–H and O–H groups in total. The van der Waals surface area contributed by atoms with Crippen molar-refractivity contribution in [3.05, 3.63) is 247 Å². The molecule has 0 atom stereocenters. The van der Waals surface area contributed by atoms with Crippen LogP contribution in [0.15, 0.2) is 229 Å². The first-order valence-electron chi connectivity index (χ1n) is 23.1. The summed E-state index contributed by atoms with van der Waals surface area (Å²) in [6.07, 6.45) is 0. The van der Waals surface area contributed by atoms with Crippen molar-refractivity contribution in [1.82, 2.24) is 24.9 Å². The number of furan rings is 1. The Hall–Kier alpha value is -9.33. The van der Waals surface area contributed by atoms with Crippen LogP contribution in [-0.2, 0) is 5.41 Å². The Morgan fingerprint density at radius 2 is 0.768 bits per heavy atom. The molecular weight excluding hydrogens is 847 g/mol. The van der Waals surface area contributed by atoms with Gasteiger partial charge in [0.1, 0.15) is 28.3 Å². The van der Waals surface area contributed by atoms with Gasteiger partial charge in [0.25, 0.3) is 0 Å². The molecule has 0 radical (unpaired) electrons. The summed E-state index contributed by atoms with van der Waals surface area (Å²) in [4.78, 5) is 25.6. The molecule has 322 valence electrons. The third kappa shape index (κ3) is 6.11. The van der Waals surface area contributed by atoms with E-state index in [1.165, 1.54) is 5.56 Å². The van der Waals surface area contributed by atoms with Gasteiger partial charge in [0.2, 0.25) is 0 Å². The Kier molecular flexibility index (Phi) is 8.66. The summed E-state index contributed by atoms with van der Waals surface area (Å²) < 4.78 is 13.1. The van der Waals surface area contributed by atoms with Crippen molar-refractivity contribution in [3.63, 3.8) is 0 Å². The first-order chi connectivity index (χ1) is 34.2. The quantitative estimate of drug-likeness (QED) is 0.164. The SMILES string of the molecule is c1ccc(-c2nc(-c3ccccc3)nc(-c3ccc4c(c3)C3(c5ccccc5Oc5ccccc53)c3cc(-c5ccc(-c6nc(-c7ccccc7)c7oc8ccccc8c7n6)cc5)ccc3-4)n2)cc1. The van der Waals surface area contributed by atoms with Gasteiger partial charge in [-0.15, -0.1) is 0 Å². The minimum atomic E-state index is -0.732. The summed E-state index contributed by atoms with van der Waals surface area (Å²) in [5.74, 6) is 4.13. The highest BCUT2D eigenvalue weighted by molar-refractivity contribution is 6.07. The Morgan fingerprint density at radius 3 is 1.39 bits per heavy atom. The summed E-state index contributed by atoms with van der Waals surface area (Å²) >= 11 is 0. The number of rotatable bonds is 6. The fourth-order valence-corrected chi connectivity index (χ4v) is 10.5. The predicted molar refractivity (Wildman–Crippen MR) is 273 cm³/mol. The largest absolute Gasteiger partial charge is 0.457 e. The zero-order valence-electron chi connectivity index (χ0n) is 36.9. The first-order valence-corrected chi connectivity index (χ1v) is 23.1. The molecule has 69 heavy (non-hydrogen) atoms. The van der Waals surface area contributed by atoms with Crippen LogP contribution in [0.1, 0.15) is 22.3 Å². The van der Waals surface area contributed by atoms with Crippen LogP contribution in [0.4, 0.5) is 0 Å². The second-order valence-electron chi connectivity index (χ2n) is 17.5. The van der Waals surface area contributed by atoms with Crippen LogP contribution in [-0.4, -0.2) is 24.9 Å². The molecule has 1 aliphatic heterocycles. The molecule has 0 unspecified atom stereocenters. The van der Waals surface area contributed by atoms with Crippen LogP contribution in [0.2, 0.25) is 0 Å². The summed E-state index contributed by atoms with van der Waals surface area (Å²) in [5.41, 5.74) is 15.9. The number of ether oxygens (including phenoxy) is 1. The fraction of sp³-hybridized carbons (Fsp3) is 0.0161. The van der Waals surface area contributed by atoms with E-state index in [1.54, 1.807) is 0 Å². The Bertz CT molecular complexity index is 3880. The molecule has 14 rings (SSSR count). The number of hydrogen-bond acceptors (Lipinski definition) is 7. The standard InChI is InChI=1S/C62H37N5O2/c1-4-16-39(17-5-1)55-57-56(47-22-10-13-25-52(47)69-57)64-58(63-55)42-30-28-38(29-31-42)43-32-34-45-46-35-33-44(61-66-59(40-18-6-2-7-19-40)65-60(67-61)41-20-8-3-9-21-41)37-51(46)62(50(45)36-43)48-23-11-14-26-53(48)68-54-27-15-12-24-49(54)62/h1-37H. The molecule has 1 spiro atoms. The lowest BCUT2D eigenvalue weighted by atomic mass is 9.65. The number of fused-ring (bicyclic) bond motifs is 12. The highest BCUT2D eigenvalue weighted by Gasteiger charge is 2.51. The van der Waals surface area contributed by atoms with Gasteiger partial charge >= 0.3 is 0 Å². The maximum absolute atomic E-state index is 6.74. The van der Waals surface area contributed by atoms with Crippen molar-refractivity contribution in [2.45, 2.75) is 5.41 Å². The average Bonchev–Trinajstić information content (AvgIpc) is 3.94. The number of para-hydroxylation sites is 3. The summed E-state index contributed by atoms with van der Waals surface area (Å²) in [5, 5.41) is 0.962. The zero-order valence-corrected chi connectivity index (χ0v) is 36.9. The lowest BCUT2D eigenvalue weighted by Gasteiger charge is -2.39. The second kappa shape index (κ2) is 15.4.